The third-order valence-electron chi connectivity index (χ3n) is 11.2. The zero-order valence-corrected chi connectivity index (χ0v) is 30.6. The Bertz CT molecular complexity index is 2300. The highest BCUT2D eigenvalue weighted by Crippen LogP contribution is 2.48. The molecule has 0 aliphatic heterocycles. The number of fused-ring (bicyclic) bond motifs is 4. The SMILES string of the molecule is CCOC(=O)[C@@H]1C2CCC(CC2)[C@H]1Nc1cc(-n2ccnc2)nc(-c2cn(C(c3ccccc3)(c3ccccc3)c3ccccc3)c3ncc(Cl)nc23)n1. The Kier molecular flexibility index (Phi) is 8.90. The topological polar surface area (TPSA) is 113 Å². The van der Waals surface area contributed by atoms with Crippen LogP contribution in [0, 0.1) is 17.8 Å². The fourth-order valence-electron chi connectivity index (χ4n) is 8.91. The molecule has 10 nitrogen and oxygen atoms in total. The highest BCUT2D eigenvalue weighted by molar-refractivity contribution is 6.29. The summed E-state index contributed by atoms with van der Waals surface area (Å²) in [6, 6.07) is 33.1. The summed E-state index contributed by atoms with van der Waals surface area (Å²) in [7, 11) is 0. The Morgan fingerprint density at radius 3 is 2.09 bits per heavy atom. The van der Waals surface area contributed by atoms with Gasteiger partial charge in [-0.15, -0.1) is 0 Å². The van der Waals surface area contributed by atoms with Crippen molar-refractivity contribution in [1.82, 2.24) is 34.1 Å². The number of nitrogens with one attached hydrogen (secondary N) is 1. The van der Waals surface area contributed by atoms with Gasteiger partial charge in [0, 0.05) is 30.7 Å². The van der Waals surface area contributed by atoms with Gasteiger partial charge in [0.15, 0.2) is 11.5 Å². The molecule has 7 aromatic rings. The van der Waals surface area contributed by atoms with Crippen LogP contribution in [0.3, 0.4) is 0 Å². The van der Waals surface area contributed by atoms with Gasteiger partial charge < -0.3 is 14.6 Å². The molecule has 4 aromatic heterocycles. The van der Waals surface area contributed by atoms with Crippen LogP contribution in [0.15, 0.2) is 128 Å². The van der Waals surface area contributed by atoms with Gasteiger partial charge in [0.2, 0.25) is 0 Å². The first-order valence-electron chi connectivity index (χ1n) is 18.6. The molecule has 0 saturated heterocycles. The number of nitrogens with zero attached hydrogens (tertiary/aromatic N) is 7. The molecule has 2 atom stereocenters. The van der Waals surface area contributed by atoms with Crippen LogP contribution >= 0.6 is 11.6 Å². The van der Waals surface area contributed by atoms with Crippen LogP contribution in [0.25, 0.3) is 28.4 Å². The molecule has 3 saturated carbocycles. The van der Waals surface area contributed by atoms with Gasteiger partial charge in [-0.2, -0.15) is 0 Å². The predicted molar refractivity (Wildman–Crippen MR) is 208 cm³/mol. The van der Waals surface area contributed by atoms with Crippen molar-refractivity contribution in [3.63, 3.8) is 0 Å². The normalized spacial score (nSPS) is 19.5. The number of carbonyl (C=O) groups is 1. The smallest absolute Gasteiger partial charge is 0.311 e. The van der Waals surface area contributed by atoms with Gasteiger partial charge in [-0.05, 0) is 61.1 Å². The van der Waals surface area contributed by atoms with Crippen LogP contribution in [0.5, 0.6) is 0 Å². The minimum atomic E-state index is -0.875. The number of anilines is 1. The van der Waals surface area contributed by atoms with E-state index in [1.165, 1.54) is 0 Å². The number of esters is 1. The number of hydrogen-bond donors (Lipinski definition) is 1. The van der Waals surface area contributed by atoms with Gasteiger partial charge in [-0.25, -0.2) is 24.9 Å². The molecule has 0 unspecified atom stereocenters. The first-order valence-corrected chi connectivity index (χ1v) is 18.9. The molecule has 2 bridgehead atoms. The predicted octanol–water partition coefficient (Wildman–Crippen LogP) is 8.35. The summed E-state index contributed by atoms with van der Waals surface area (Å²) < 4.78 is 9.66. The minimum Gasteiger partial charge on any atom is -0.466 e. The van der Waals surface area contributed by atoms with E-state index in [0.717, 1.165) is 42.4 Å². The monoisotopic (exact) mass is 734 g/mol. The maximum absolute atomic E-state index is 13.4. The van der Waals surface area contributed by atoms with Crippen molar-refractivity contribution in [3.05, 3.63) is 150 Å². The second-order valence-corrected chi connectivity index (χ2v) is 14.5. The van der Waals surface area contributed by atoms with E-state index in [9.17, 15) is 4.79 Å². The van der Waals surface area contributed by atoms with Gasteiger partial charge in [-0.1, -0.05) is 103 Å². The quantitative estimate of drug-likeness (QED) is 0.110. The summed E-state index contributed by atoms with van der Waals surface area (Å²) in [6.45, 7) is 2.22. The van der Waals surface area contributed by atoms with Crippen LogP contribution in [0.4, 0.5) is 5.82 Å². The molecule has 3 aromatic carbocycles. The fourth-order valence-corrected chi connectivity index (χ4v) is 9.04. The van der Waals surface area contributed by atoms with E-state index in [4.69, 9.17) is 36.3 Å². The zero-order chi connectivity index (χ0) is 36.6. The van der Waals surface area contributed by atoms with Crippen molar-refractivity contribution in [2.24, 2.45) is 17.8 Å². The molecule has 0 spiro atoms. The Labute approximate surface area is 318 Å². The molecular formula is C43H39ClN8O2. The molecule has 270 valence electrons. The summed E-state index contributed by atoms with van der Waals surface area (Å²) in [5.41, 5.74) is 4.07. The standard InChI is InChI=1S/C43H39ClN8O2/c1-2-54-42(53)37-28-18-20-29(21-19-28)38(37)48-35-24-36(51-23-22-45-27-51)50-40(49-35)33-26-52(41-39(33)47-34(44)25-46-41)43(30-12-6-3-7-13-30,31-14-8-4-9-15-31)32-16-10-5-11-17-32/h3-17,22-29,37-38H,2,18-21H2,1H3,(H,48,49,50)/t28?,29?,37-,38-/m1/s1. The second-order valence-electron chi connectivity index (χ2n) is 14.1. The summed E-state index contributed by atoms with van der Waals surface area (Å²) >= 11 is 6.64. The van der Waals surface area contributed by atoms with Crippen molar-refractivity contribution >= 4 is 34.6 Å². The number of carbonyl (C=O) groups excluding carboxylic acids is 1. The molecule has 1 N–H and O–H groups in total. The van der Waals surface area contributed by atoms with Crippen LogP contribution in [-0.2, 0) is 15.1 Å². The average molecular weight is 735 g/mol. The van der Waals surface area contributed by atoms with Crippen LogP contribution in [-0.4, -0.2) is 52.7 Å². The van der Waals surface area contributed by atoms with Gasteiger partial charge in [0.25, 0.3) is 0 Å². The maximum Gasteiger partial charge on any atom is 0.311 e. The summed E-state index contributed by atoms with van der Waals surface area (Å²) in [5.74, 6) is 1.87. The van der Waals surface area contributed by atoms with Crippen LogP contribution in [0.2, 0.25) is 5.15 Å². The third-order valence-corrected chi connectivity index (χ3v) is 11.4. The summed E-state index contributed by atoms with van der Waals surface area (Å²) in [6.07, 6.45) is 13.1. The van der Waals surface area contributed by atoms with Crippen LogP contribution < -0.4 is 5.32 Å². The lowest BCUT2D eigenvalue weighted by Crippen LogP contribution is -2.52. The lowest BCUT2D eigenvalue weighted by Gasteiger charge is -2.47. The summed E-state index contributed by atoms with van der Waals surface area (Å²) in [5, 5.41) is 3.99. The number of rotatable bonds is 10. The van der Waals surface area contributed by atoms with E-state index < -0.39 is 5.54 Å². The van der Waals surface area contributed by atoms with E-state index in [1.54, 1.807) is 18.7 Å². The number of halogens is 1. The molecule has 54 heavy (non-hydrogen) atoms. The minimum absolute atomic E-state index is 0.118. The molecule has 3 fully saturated rings. The molecule has 0 radical (unpaired) electrons. The van der Waals surface area contributed by atoms with E-state index in [-0.39, 0.29) is 29.0 Å². The van der Waals surface area contributed by atoms with Crippen molar-refractivity contribution in [1.29, 1.82) is 0 Å². The van der Waals surface area contributed by atoms with Gasteiger partial charge in [0.1, 0.15) is 34.2 Å². The lowest BCUT2D eigenvalue weighted by atomic mass is 9.61. The van der Waals surface area contributed by atoms with E-state index in [0.29, 0.717) is 46.7 Å². The molecule has 11 heteroatoms. The van der Waals surface area contributed by atoms with Crippen molar-refractivity contribution < 1.29 is 9.53 Å². The van der Waals surface area contributed by atoms with Gasteiger partial charge in [0.05, 0.1) is 24.3 Å². The summed E-state index contributed by atoms with van der Waals surface area (Å²) in [4.78, 5) is 37.9. The number of imidazole rings is 1. The molecular weight excluding hydrogens is 696 g/mol. The van der Waals surface area contributed by atoms with Crippen molar-refractivity contribution in [2.45, 2.75) is 44.2 Å². The maximum atomic E-state index is 13.4. The molecule has 0 amide bonds. The largest absolute Gasteiger partial charge is 0.466 e. The van der Waals surface area contributed by atoms with Gasteiger partial charge in [-0.3, -0.25) is 9.36 Å². The lowest BCUT2D eigenvalue weighted by molar-refractivity contribution is -0.154. The Hall–Kier alpha value is -5.87. The average Bonchev–Trinajstić information content (AvgIpc) is 3.90. The fraction of sp³-hybridized carbons (Fsp3) is 0.256. The number of benzene rings is 3. The molecule has 3 aliphatic rings. The molecule has 3 aliphatic carbocycles. The Morgan fingerprint density at radius 2 is 1.50 bits per heavy atom. The van der Waals surface area contributed by atoms with Crippen molar-refractivity contribution in [3.8, 4) is 17.2 Å². The number of hydrogen-bond acceptors (Lipinski definition) is 8. The molecule has 10 rings (SSSR count). The number of ether oxygens (including phenoxy) is 1. The second kappa shape index (κ2) is 14.2. The van der Waals surface area contributed by atoms with Gasteiger partial charge >= 0.3 is 5.97 Å². The Balaban J connectivity index is 1.28. The van der Waals surface area contributed by atoms with E-state index in [1.807, 2.05) is 42.0 Å². The highest BCUT2D eigenvalue weighted by atomic mass is 35.5. The first-order chi connectivity index (χ1) is 26.5. The number of aromatic nitrogens is 7. The first kappa shape index (κ1) is 33.9. The van der Waals surface area contributed by atoms with E-state index >= 15 is 0 Å². The molecule has 4 heterocycles. The highest BCUT2D eigenvalue weighted by Gasteiger charge is 2.48. The third kappa shape index (κ3) is 5.81. The van der Waals surface area contributed by atoms with E-state index in [2.05, 4.69) is 93.9 Å². The Morgan fingerprint density at radius 1 is 0.870 bits per heavy atom. The zero-order valence-electron chi connectivity index (χ0n) is 29.8. The van der Waals surface area contributed by atoms with Crippen molar-refractivity contribution in [2.75, 3.05) is 11.9 Å². The van der Waals surface area contributed by atoms with Crippen LogP contribution in [0.1, 0.15) is 49.3 Å².